The molecule has 0 fully saturated rings. The van der Waals surface area contributed by atoms with E-state index in [0.29, 0.717) is 16.9 Å². The third kappa shape index (κ3) is 8.22. The highest BCUT2D eigenvalue weighted by Crippen LogP contribution is 2.16. The van der Waals surface area contributed by atoms with E-state index in [1.54, 1.807) is 44.2 Å². The molecule has 0 heterocycles. The molecule has 0 unspecified atom stereocenters. The number of benzene rings is 2. The summed E-state index contributed by atoms with van der Waals surface area (Å²) in [6.07, 6.45) is -0.490. The first kappa shape index (κ1) is 24.6. The van der Waals surface area contributed by atoms with Crippen molar-refractivity contribution in [1.82, 2.24) is 0 Å². The molecule has 0 radical (unpaired) electrons. The third-order valence-electron chi connectivity index (χ3n) is 4.32. The fraction of sp³-hybridized carbons (Fsp3) is 0.333. The zero-order valence-corrected chi connectivity index (χ0v) is 18.7. The lowest BCUT2D eigenvalue weighted by atomic mass is 10.1. The van der Waals surface area contributed by atoms with Crippen LogP contribution in [0.4, 0.5) is 11.4 Å². The van der Waals surface area contributed by atoms with Crippen LogP contribution >= 0.6 is 0 Å². The van der Waals surface area contributed by atoms with Crippen LogP contribution in [0.2, 0.25) is 0 Å². The molecule has 0 atom stereocenters. The monoisotopic (exact) mass is 440 g/mol. The summed E-state index contributed by atoms with van der Waals surface area (Å²) in [4.78, 5) is 47.7. The number of hydrogen-bond acceptors (Lipinski definition) is 6. The van der Waals surface area contributed by atoms with Gasteiger partial charge >= 0.3 is 11.9 Å². The van der Waals surface area contributed by atoms with Crippen LogP contribution in [0.3, 0.4) is 0 Å². The average Bonchev–Trinajstić information content (AvgIpc) is 2.73. The summed E-state index contributed by atoms with van der Waals surface area (Å²) in [5.74, 6) is -1.94. The van der Waals surface area contributed by atoms with Crippen LogP contribution in [0.1, 0.15) is 48.2 Å². The highest BCUT2D eigenvalue weighted by atomic mass is 16.5. The van der Waals surface area contributed by atoms with Crippen LogP contribution in [-0.4, -0.2) is 36.5 Å². The molecule has 2 aromatic carbocycles. The number of hydrogen-bond donors (Lipinski definition) is 2. The van der Waals surface area contributed by atoms with Crippen molar-refractivity contribution in [1.29, 1.82) is 0 Å². The van der Waals surface area contributed by atoms with E-state index in [0.717, 1.165) is 11.1 Å². The average molecular weight is 440 g/mol. The van der Waals surface area contributed by atoms with Crippen molar-refractivity contribution >= 4 is 35.1 Å². The van der Waals surface area contributed by atoms with Gasteiger partial charge in [-0.25, -0.2) is 4.79 Å². The Morgan fingerprint density at radius 2 is 1.56 bits per heavy atom. The lowest BCUT2D eigenvalue weighted by molar-refractivity contribution is -0.147. The second kappa shape index (κ2) is 11.6. The van der Waals surface area contributed by atoms with Crippen LogP contribution < -0.4 is 10.6 Å². The highest BCUT2D eigenvalue weighted by molar-refractivity contribution is 5.95. The molecule has 2 aromatic rings. The van der Waals surface area contributed by atoms with Gasteiger partial charge in [-0.1, -0.05) is 17.7 Å². The van der Waals surface area contributed by atoms with E-state index < -0.39 is 24.5 Å². The minimum absolute atomic E-state index is 0.103. The summed E-state index contributed by atoms with van der Waals surface area (Å²) < 4.78 is 10.0. The minimum atomic E-state index is -0.650. The molecule has 0 saturated heterocycles. The number of carbonyl (C=O) groups excluding carboxylic acids is 4. The molecule has 0 bridgehead atoms. The number of ether oxygens (including phenoxy) is 2. The molecule has 8 nitrogen and oxygen atoms in total. The predicted octanol–water partition coefficient (Wildman–Crippen LogP) is 3.77. The summed E-state index contributed by atoms with van der Waals surface area (Å²) in [6.45, 7) is 6.92. The summed E-state index contributed by atoms with van der Waals surface area (Å²) in [5, 5.41) is 5.32. The Hall–Kier alpha value is -3.68. The predicted molar refractivity (Wildman–Crippen MR) is 120 cm³/mol. The fourth-order valence-electron chi connectivity index (χ4n) is 2.77. The second-order valence-electron chi connectivity index (χ2n) is 7.61. The van der Waals surface area contributed by atoms with E-state index in [4.69, 9.17) is 9.47 Å². The first-order valence-electron chi connectivity index (χ1n) is 10.3. The standard InChI is InChI=1S/C24H28N2O6/c1-15(2)32-24(30)18-6-8-19(9-7-18)25-21(27)11-12-23(29)31-14-22(28)26-20-10-5-16(3)13-17(20)4/h5-10,13,15H,11-12,14H2,1-4H3,(H,25,27)(H,26,28). The zero-order chi connectivity index (χ0) is 23.7. The lowest BCUT2D eigenvalue weighted by Gasteiger charge is -2.10. The van der Waals surface area contributed by atoms with Crippen LogP contribution in [0, 0.1) is 13.8 Å². The van der Waals surface area contributed by atoms with Gasteiger partial charge in [0.2, 0.25) is 5.91 Å². The molecule has 0 saturated carbocycles. The van der Waals surface area contributed by atoms with Crippen LogP contribution in [0.5, 0.6) is 0 Å². The van der Waals surface area contributed by atoms with Crippen molar-refractivity contribution in [2.24, 2.45) is 0 Å². The van der Waals surface area contributed by atoms with Crippen molar-refractivity contribution in [3.63, 3.8) is 0 Å². The van der Waals surface area contributed by atoms with Gasteiger partial charge in [-0.3, -0.25) is 14.4 Å². The molecule has 2 amide bonds. The number of amides is 2. The SMILES string of the molecule is Cc1ccc(NC(=O)COC(=O)CCC(=O)Nc2ccc(C(=O)OC(C)C)cc2)c(C)c1. The molecular formula is C24H28N2O6. The maximum atomic E-state index is 12.0. The van der Waals surface area contributed by atoms with Gasteiger partial charge in [0.15, 0.2) is 6.61 Å². The van der Waals surface area contributed by atoms with Gasteiger partial charge in [0.25, 0.3) is 5.91 Å². The lowest BCUT2D eigenvalue weighted by Crippen LogP contribution is -2.22. The Morgan fingerprint density at radius 3 is 2.19 bits per heavy atom. The molecule has 32 heavy (non-hydrogen) atoms. The molecule has 0 spiro atoms. The third-order valence-corrected chi connectivity index (χ3v) is 4.32. The Labute approximate surface area is 187 Å². The first-order valence-corrected chi connectivity index (χ1v) is 10.3. The van der Waals surface area contributed by atoms with Crippen LogP contribution in [0.25, 0.3) is 0 Å². The van der Waals surface area contributed by atoms with E-state index in [2.05, 4.69) is 10.6 Å². The van der Waals surface area contributed by atoms with Crippen molar-refractivity contribution < 1.29 is 28.7 Å². The Balaban J connectivity index is 1.71. The normalized spacial score (nSPS) is 10.4. The summed E-state index contributed by atoms with van der Waals surface area (Å²) >= 11 is 0. The van der Waals surface area contributed by atoms with Gasteiger partial charge in [0, 0.05) is 17.8 Å². The number of nitrogens with one attached hydrogen (secondary N) is 2. The van der Waals surface area contributed by atoms with Crippen LogP contribution in [0.15, 0.2) is 42.5 Å². The summed E-state index contributed by atoms with van der Waals surface area (Å²) in [5.41, 5.74) is 3.50. The van der Waals surface area contributed by atoms with Crippen molar-refractivity contribution in [2.45, 2.75) is 46.6 Å². The smallest absolute Gasteiger partial charge is 0.338 e. The van der Waals surface area contributed by atoms with Crippen molar-refractivity contribution in [3.8, 4) is 0 Å². The summed E-state index contributed by atoms with van der Waals surface area (Å²) in [7, 11) is 0. The molecule has 0 aliphatic heterocycles. The minimum Gasteiger partial charge on any atom is -0.459 e. The Bertz CT molecular complexity index is 982. The van der Waals surface area contributed by atoms with E-state index >= 15 is 0 Å². The molecule has 170 valence electrons. The molecule has 0 aromatic heterocycles. The molecule has 8 heteroatoms. The van der Waals surface area contributed by atoms with Crippen molar-refractivity contribution in [2.75, 3.05) is 17.2 Å². The van der Waals surface area contributed by atoms with Gasteiger partial charge in [0.05, 0.1) is 18.1 Å². The van der Waals surface area contributed by atoms with Gasteiger partial charge in [-0.05, 0) is 63.6 Å². The van der Waals surface area contributed by atoms with E-state index in [-0.39, 0.29) is 24.9 Å². The topological polar surface area (TPSA) is 111 Å². The van der Waals surface area contributed by atoms with Crippen molar-refractivity contribution in [3.05, 3.63) is 59.2 Å². The first-order chi connectivity index (χ1) is 15.1. The quantitative estimate of drug-likeness (QED) is 0.574. The van der Waals surface area contributed by atoms with Gasteiger partial charge in [-0.15, -0.1) is 0 Å². The highest BCUT2D eigenvalue weighted by Gasteiger charge is 2.13. The van der Waals surface area contributed by atoms with Gasteiger partial charge < -0.3 is 20.1 Å². The largest absolute Gasteiger partial charge is 0.459 e. The van der Waals surface area contributed by atoms with Gasteiger partial charge in [0.1, 0.15) is 0 Å². The number of rotatable bonds is 9. The second-order valence-corrected chi connectivity index (χ2v) is 7.61. The van der Waals surface area contributed by atoms with Crippen LogP contribution in [-0.2, 0) is 23.9 Å². The molecule has 0 aliphatic rings. The number of anilines is 2. The number of aryl methyl sites for hydroxylation is 2. The maximum absolute atomic E-state index is 12.0. The Morgan fingerprint density at radius 1 is 0.875 bits per heavy atom. The number of carbonyl (C=O) groups is 4. The fourth-order valence-corrected chi connectivity index (χ4v) is 2.77. The zero-order valence-electron chi connectivity index (χ0n) is 18.7. The van der Waals surface area contributed by atoms with E-state index in [1.807, 2.05) is 26.0 Å². The van der Waals surface area contributed by atoms with Gasteiger partial charge in [-0.2, -0.15) is 0 Å². The molecule has 2 rings (SSSR count). The maximum Gasteiger partial charge on any atom is 0.338 e. The molecule has 2 N–H and O–H groups in total. The summed E-state index contributed by atoms with van der Waals surface area (Å²) in [6, 6.07) is 11.8. The molecular weight excluding hydrogens is 412 g/mol. The van der Waals surface area contributed by atoms with E-state index in [9.17, 15) is 19.2 Å². The molecule has 0 aliphatic carbocycles. The van der Waals surface area contributed by atoms with E-state index in [1.165, 1.54) is 0 Å². The number of esters is 2. The Kier molecular flexibility index (Phi) is 8.95.